The third-order valence-corrected chi connectivity index (χ3v) is 5.35. The number of nitrogens with zero attached hydrogens (tertiary/aromatic N) is 2. The highest BCUT2D eigenvalue weighted by Crippen LogP contribution is 2.22. The Morgan fingerprint density at radius 3 is 3.00 bits per heavy atom. The Hall–Kier alpha value is -1.46. The number of rotatable bonds is 6. The SMILES string of the molecule is CCN(C[C@@H]1CCOC1)C(=O)[C@H]1CCCN(Cc2cccc(F)c2)C1. The lowest BCUT2D eigenvalue weighted by atomic mass is 9.95. The van der Waals surface area contributed by atoms with E-state index in [4.69, 9.17) is 4.74 Å². The zero-order chi connectivity index (χ0) is 17.6. The summed E-state index contributed by atoms with van der Waals surface area (Å²) in [6, 6.07) is 6.76. The molecule has 138 valence electrons. The zero-order valence-electron chi connectivity index (χ0n) is 15.1. The molecule has 4 nitrogen and oxygen atoms in total. The lowest BCUT2D eigenvalue weighted by Gasteiger charge is -2.35. The molecule has 0 bridgehead atoms. The summed E-state index contributed by atoms with van der Waals surface area (Å²) in [5.41, 5.74) is 0.976. The van der Waals surface area contributed by atoms with Crippen molar-refractivity contribution < 1.29 is 13.9 Å². The van der Waals surface area contributed by atoms with Crippen molar-refractivity contribution in [3.8, 4) is 0 Å². The molecule has 0 saturated carbocycles. The van der Waals surface area contributed by atoms with E-state index in [9.17, 15) is 9.18 Å². The van der Waals surface area contributed by atoms with Crippen molar-refractivity contribution in [1.29, 1.82) is 0 Å². The number of carbonyl (C=O) groups is 1. The van der Waals surface area contributed by atoms with Crippen LogP contribution in [0.1, 0.15) is 31.7 Å². The monoisotopic (exact) mass is 348 g/mol. The molecule has 2 heterocycles. The molecule has 0 aliphatic carbocycles. The number of ether oxygens (including phenoxy) is 1. The van der Waals surface area contributed by atoms with Crippen molar-refractivity contribution in [2.75, 3.05) is 39.4 Å². The molecule has 0 unspecified atom stereocenters. The molecule has 2 fully saturated rings. The predicted molar refractivity (Wildman–Crippen MR) is 95.6 cm³/mol. The van der Waals surface area contributed by atoms with Crippen LogP contribution in [0.3, 0.4) is 0 Å². The van der Waals surface area contributed by atoms with Crippen molar-refractivity contribution >= 4 is 5.91 Å². The smallest absolute Gasteiger partial charge is 0.226 e. The first kappa shape index (κ1) is 18.3. The van der Waals surface area contributed by atoms with Crippen molar-refractivity contribution in [1.82, 2.24) is 9.80 Å². The molecular formula is C20H29FN2O2. The lowest BCUT2D eigenvalue weighted by Crippen LogP contribution is -2.46. The van der Waals surface area contributed by atoms with E-state index < -0.39 is 0 Å². The molecule has 0 radical (unpaired) electrons. The van der Waals surface area contributed by atoms with Gasteiger partial charge in [-0.2, -0.15) is 0 Å². The van der Waals surface area contributed by atoms with Crippen LogP contribution in [0.4, 0.5) is 4.39 Å². The topological polar surface area (TPSA) is 32.8 Å². The van der Waals surface area contributed by atoms with Crippen LogP contribution in [0.15, 0.2) is 24.3 Å². The highest BCUT2D eigenvalue weighted by molar-refractivity contribution is 5.79. The van der Waals surface area contributed by atoms with Gasteiger partial charge >= 0.3 is 0 Å². The maximum absolute atomic E-state index is 13.4. The van der Waals surface area contributed by atoms with Crippen LogP contribution in [0.2, 0.25) is 0 Å². The van der Waals surface area contributed by atoms with E-state index in [-0.39, 0.29) is 17.6 Å². The maximum Gasteiger partial charge on any atom is 0.226 e. The normalized spacial score (nSPS) is 24.4. The Morgan fingerprint density at radius 1 is 1.40 bits per heavy atom. The van der Waals surface area contributed by atoms with Crippen LogP contribution in [-0.4, -0.2) is 55.1 Å². The van der Waals surface area contributed by atoms with Gasteiger partial charge in [-0.15, -0.1) is 0 Å². The first-order chi connectivity index (χ1) is 12.2. The van der Waals surface area contributed by atoms with Crippen LogP contribution in [0.25, 0.3) is 0 Å². The van der Waals surface area contributed by atoms with E-state index in [1.807, 2.05) is 11.0 Å². The average Bonchev–Trinajstić information content (AvgIpc) is 3.12. The molecule has 1 aromatic carbocycles. The summed E-state index contributed by atoms with van der Waals surface area (Å²) in [5.74, 6) is 0.622. The molecule has 2 aliphatic rings. The Labute approximate surface area is 149 Å². The molecule has 0 spiro atoms. The second-order valence-electron chi connectivity index (χ2n) is 7.31. The van der Waals surface area contributed by atoms with E-state index in [1.54, 1.807) is 12.1 Å². The summed E-state index contributed by atoms with van der Waals surface area (Å²) >= 11 is 0. The van der Waals surface area contributed by atoms with Crippen molar-refractivity contribution in [3.05, 3.63) is 35.6 Å². The van der Waals surface area contributed by atoms with Crippen LogP contribution in [0, 0.1) is 17.7 Å². The van der Waals surface area contributed by atoms with Gasteiger partial charge in [0.1, 0.15) is 5.82 Å². The van der Waals surface area contributed by atoms with Gasteiger partial charge in [-0.3, -0.25) is 9.69 Å². The average molecular weight is 348 g/mol. The molecule has 2 saturated heterocycles. The van der Waals surface area contributed by atoms with Crippen LogP contribution in [-0.2, 0) is 16.1 Å². The van der Waals surface area contributed by atoms with E-state index in [1.165, 1.54) is 6.07 Å². The molecular weight excluding hydrogens is 319 g/mol. The van der Waals surface area contributed by atoms with E-state index >= 15 is 0 Å². The molecule has 1 aromatic rings. The minimum Gasteiger partial charge on any atom is -0.381 e. The standard InChI is InChI=1S/C20H29FN2O2/c1-2-23(13-17-8-10-25-15-17)20(24)18-6-4-9-22(14-18)12-16-5-3-7-19(21)11-16/h3,5,7,11,17-18H,2,4,6,8-10,12-15H2,1H3/t17-,18-/m0/s1. The van der Waals surface area contributed by atoms with Crippen molar-refractivity contribution in [3.63, 3.8) is 0 Å². The molecule has 2 aliphatic heterocycles. The van der Waals surface area contributed by atoms with E-state index in [0.29, 0.717) is 12.5 Å². The van der Waals surface area contributed by atoms with Gasteiger partial charge in [-0.05, 0) is 50.4 Å². The number of hydrogen-bond acceptors (Lipinski definition) is 3. The highest BCUT2D eigenvalue weighted by atomic mass is 19.1. The third-order valence-electron chi connectivity index (χ3n) is 5.35. The van der Waals surface area contributed by atoms with Gasteiger partial charge in [-0.1, -0.05) is 12.1 Å². The summed E-state index contributed by atoms with van der Waals surface area (Å²) in [5, 5.41) is 0. The van der Waals surface area contributed by atoms with Gasteiger partial charge in [0, 0.05) is 38.7 Å². The van der Waals surface area contributed by atoms with Crippen LogP contribution < -0.4 is 0 Å². The molecule has 0 N–H and O–H groups in total. The summed E-state index contributed by atoms with van der Waals surface area (Å²) in [7, 11) is 0. The van der Waals surface area contributed by atoms with Gasteiger partial charge in [0.15, 0.2) is 0 Å². The second-order valence-corrected chi connectivity index (χ2v) is 7.31. The molecule has 0 aromatic heterocycles. The summed E-state index contributed by atoms with van der Waals surface area (Å²) < 4.78 is 18.8. The minimum absolute atomic E-state index is 0.0598. The summed E-state index contributed by atoms with van der Waals surface area (Å²) in [4.78, 5) is 17.3. The van der Waals surface area contributed by atoms with Gasteiger partial charge in [0.25, 0.3) is 0 Å². The number of piperidine rings is 1. The number of likely N-dealkylation sites (tertiary alicyclic amines) is 1. The summed E-state index contributed by atoms with van der Waals surface area (Å²) in [6.07, 6.45) is 3.03. The minimum atomic E-state index is -0.196. The number of halogens is 1. The second kappa shape index (κ2) is 8.77. The van der Waals surface area contributed by atoms with E-state index in [2.05, 4.69) is 11.8 Å². The Kier molecular flexibility index (Phi) is 6.43. The third kappa shape index (κ3) is 5.02. The fourth-order valence-electron chi connectivity index (χ4n) is 3.97. The quantitative estimate of drug-likeness (QED) is 0.792. The largest absolute Gasteiger partial charge is 0.381 e. The summed E-state index contributed by atoms with van der Waals surface area (Å²) in [6.45, 7) is 7.69. The van der Waals surface area contributed by atoms with Gasteiger partial charge in [0.2, 0.25) is 5.91 Å². The molecule has 3 rings (SSSR count). The van der Waals surface area contributed by atoms with Crippen LogP contribution in [0.5, 0.6) is 0 Å². The van der Waals surface area contributed by atoms with Gasteiger partial charge in [-0.25, -0.2) is 4.39 Å². The zero-order valence-corrected chi connectivity index (χ0v) is 15.1. The number of benzene rings is 1. The first-order valence-corrected chi connectivity index (χ1v) is 9.49. The van der Waals surface area contributed by atoms with Crippen LogP contribution >= 0.6 is 0 Å². The fraction of sp³-hybridized carbons (Fsp3) is 0.650. The molecule has 1 amide bonds. The fourth-order valence-corrected chi connectivity index (χ4v) is 3.97. The number of amides is 1. The molecule has 25 heavy (non-hydrogen) atoms. The van der Waals surface area contributed by atoms with Gasteiger partial charge < -0.3 is 9.64 Å². The molecule has 2 atom stereocenters. The predicted octanol–water partition coefficient (Wildman–Crippen LogP) is 2.92. The van der Waals surface area contributed by atoms with Crippen molar-refractivity contribution in [2.45, 2.75) is 32.7 Å². The lowest BCUT2D eigenvalue weighted by molar-refractivity contribution is -0.137. The van der Waals surface area contributed by atoms with Crippen molar-refractivity contribution in [2.24, 2.45) is 11.8 Å². The number of hydrogen-bond donors (Lipinski definition) is 0. The van der Waals surface area contributed by atoms with Gasteiger partial charge in [0.05, 0.1) is 12.5 Å². The number of carbonyl (C=O) groups excluding carboxylic acids is 1. The Morgan fingerprint density at radius 2 is 2.28 bits per heavy atom. The first-order valence-electron chi connectivity index (χ1n) is 9.49. The molecule has 5 heteroatoms. The maximum atomic E-state index is 13.4. The van der Waals surface area contributed by atoms with E-state index in [0.717, 1.165) is 64.2 Å². The Balaban J connectivity index is 1.56. The highest BCUT2D eigenvalue weighted by Gasteiger charge is 2.30. The Bertz CT molecular complexity index is 575.